The molecule has 1 aromatic heterocycles. The molecule has 1 aliphatic heterocycles. The SMILES string of the molecule is O=C(/C=C/c1cccn(CC2Cc3ccccc3O2)c1=O)NO. The van der Waals surface area contributed by atoms with Crippen LogP contribution in [-0.4, -0.2) is 21.8 Å². The summed E-state index contributed by atoms with van der Waals surface area (Å²) in [6.07, 6.45) is 4.83. The van der Waals surface area contributed by atoms with Gasteiger partial charge in [0.15, 0.2) is 0 Å². The van der Waals surface area contributed by atoms with Gasteiger partial charge in [0.2, 0.25) is 0 Å². The lowest BCUT2D eigenvalue weighted by molar-refractivity contribution is -0.124. The second-order valence-electron chi connectivity index (χ2n) is 5.28. The molecule has 23 heavy (non-hydrogen) atoms. The van der Waals surface area contributed by atoms with E-state index >= 15 is 0 Å². The average Bonchev–Trinajstić information content (AvgIpc) is 2.97. The minimum Gasteiger partial charge on any atom is -0.488 e. The number of fused-ring (bicyclic) bond motifs is 1. The van der Waals surface area contributed by atoms with Crippen LogP contribution < -0.4 is 15.8 Å². The lowest BCUT2D eigenvalue weighted by Gasteiger charge is -2.13. The number of pyridine rings is 1. The maximum Gasteiger partial charge on any atom is 0.267 e. The van der Waals surface area contributed by atoms with Crippen LogP contribution in [0.15, 0.2) is 53.5 Å². The zero-order valence-corrected chi connectivity index (χ0v) is 12.3. The van der Waals surface area contributed by atoms with Crippen LogP contribution in [0.1, 0.15) is 11.1 Å². The van der Waals surface area contributed by atoms with E-state index < -0.39 is 5.91 Å². The Morgan fingerprint density at radius 1 is 1.35 bits per heavy atom. The Labute approximate surface area is 132 Å². The predicted octanol–water partition coefficient (Wildman–Crippen LogP) is 1.37. The fraction of sp³-hybridized carbons (Fsp3) is 0.176. The maximum absolute atomic E-state index is 12.4. The van der Waals surface area contributed by atoms with Gasteiger partial charge >= 0.3 is 0 Å². The smallest absolute Gasteiger partial charge is 0.267 e. The van der Waals surface area contributed by atoms with Gasteiger partial charge < -0.3 is 9.30 Å². The van der Waals surface area contributed by atoms with E-state index in [0.717, 1.165) is 23.8 Å². The van der Waals surface area contributed by atoms with Crippen molar-refractivity contribution >= 4 is 12.0 Å². The first-order valence-electron chi connectivity index (χ1n) is 7.23. The zero-order valence-electron chi connectivity index (χ0n) is 12.3. The van der Waals surface area contributed by atoms with Crippen LogP contribution in [0.4, 0.5) is 0 Å². The van der Waals surface area contributed by atoms with Gasteiger partial charge in [-0.25, -0.2) is 5.48 Å². The van der Waals surface area contributed by atoms with Crippen molar-refractivity contribution in [2.75, 3.05) is 0 Å². The van der Waals surface area contributed by atoms with Gasteiger partial charge in [0.1, 0.15) is 11.9 Å². The van der Waals surface area contributed by atoms with Crippen molar-refractivity contribution in [3.05, 3.63) is 70.2 Å². The Bertz CT molecular complexity index is 785. The van der Waals surface area contributed by atoms with Crippen LogP contribution in [0, 0.1) is 0 Å². The van der Waals surface area contributed by atoms with Crippen molar-refractivity contribution in [1.29, 1.82) is 0 Å². The van der Waals surface area contributed by atoms with Crippen LogP contribution in [0.3, 0.4) is 0 Å². The van der Waals surface area contributed by atoms with Crippen LogP contribution in [0.2, 0.25) is 0 Å². The molecule has 0 aliphatic carbocycles. The summed E-state index contributed by atoms with van der Waals surface area (Å²) in [6, 6.07) is 11.2. The van der Waals surface area contributed by atoms with E-state index in [1.165, 1.54) is 11.6 Å². The highest BCUT2D eigenvalue weighted by Crippen LogP contribution is 2.28. The van der Waals surface area contributed by atoms with Gasteiger partial charge in [-0.05, 0) is 29.8 Å². The Balaban J connectivity index is 1.76. The van der Waals surface area contributed by atoms with E-state index in [0.29, 0.717) is 12.1 Å². The molecule has 1 amide bonds. The van der Waals surface area contributed by atoms with Crippen molar-refractivity contribution in [3.8, 4) is 5.75 Å². The molecule has 2 heterocycles. The largest absolute Gasteiger partial charge is 0.488 e. The third-order valence-electron chi connectivity index (χ3n) is 3.69. The van der Waals surface area contributed by atoms with E-state index in [4.69, 9.17) is 9.94 Å². The van der Waals surface area contributed by atoms with Gasteiger partial charge in [0, 0.05) is 24.3 Å². The number of para-hydroxylation sites is 1. The highest BCUT2D eigenvalue weighted by atomic mass is 16.5. The molecular weight excluding hydrogens is 296 g/mol. The lowest BCUT2D eigenvalue weighted by atomic mass is 10.1. The van der Waals surface area contributed by atoms with Crippen LogP contribution >= 0.6 is 0 Å². The first-order chi connectivity index (χ1) is 11.2. The molecule has 0 fully saturated rings. The average molecular weight is 312 g/mol. The van der Waals surface area contributed by atoms with Crippen molar-refractivity contribution in [2.24, 2.45) is 0 Å². The molecule has 2 aromatic rings. The molecule has 118 valence electrons. The van der Waals surface area contributed by atoms with Crippen molar-refractivity contribution in [2.45, 2.75) is 19.1 Å². The molecule has 0 radical (unpaired) electrons. The molecule has 1 aromatic carbocycles. The summed E-state index contributed by atoms with van der Waals surface area (Å²) in [5.41, 5.74) is 2.78. The number of hydrogen-bond acceptors (Lipinski definition) is 4. The molecule has 0 bridgehead atoms. The second-order valence-corrected chi connectivity index (χ2v) is 5.28. The first-order valence-corrected chi connectivity index (χ1v) is 7.23. The van der Waals surface area contributed by atoms with Gasteiger partial charge in [0.05, 0.1) is 6.54 Å². The number of amides is 1. The highest BCUT2D eigenvalue weighted by molar-refractivity contribution is 5.90. The van der Waals surface area contributed by atoms with Crippen molar-refractivity contribution in [3.63, 3.8) is 0 Å². The molecule has 1 unspecified atom stereocenters. The third-order valence-corrected chi connectivity index (χ3v) is 3.69. The Morgan fingerprint density at radius 3 is 2.96 bits per heavy atom. The number of nitrogens with one attached hydrogen (secondary N) is 1. The summed E-state index contributed by atoms with van der Waals surface area (Å²) >= 11 is 0. The van der Waals surface area contributed by atoms with Crippen molar-refractivity contribution < 1.29 is 14.7 Å². The fourth-order valence-corrected chi connectivity index (χ4v) is 2.60. The molecule has 2 N–H and O–H groups in total. The van der Waals surface area contributed by atoms with E-state index in [1.54, 1.807) is 22.9 Å². The summed E-state index contributed by atoms with van der Waals surface area (Å²) < 4.78 is 7.41. The van der Waals surface area contributed by atoms with Gasteiger partial charge in [-0.3, -0.25) is 14.8 Å². The molecule has 0 spiro atoms. The van der Waals surface area contributed by atoms with Crippen LogP contribution in [-0.2, 0) is 17.8 Å². The zero-order chi connectivity index (χ0) is 16.2. The number of carbonyl (C=O) groups is 1. The van der Waals surface area contributed by atoms with Gasteiger partial charge in [-0.15, -0.1) is 0 Å². The Morgan fingerprint density at radius 2 is 2.17 bits per heavy atom. The van der Waals surface area contributed by atoms with Crippen molar-refractivity contribution in [1.82, 2.24) is 10.0 Å². The van der Waals surface area contributed by atoms with E-state index in [2.05, 4.69) is 0 Å². The topological polar surface area (TPSA) is 80.6 Å². The number of ether oxygens (including phenoxy) is 1. The van der Waals surface area contributed by atoms with Gasteiger partial charge in [0.25, 0.3) is 11.5 Å². The molecule has 1 atom stereocenters. The number of aromatic nitrogens is 1. The van der Waals surface area contributed by atoms with Crippen LogP contribution in [0.25, 0.3) is 6.08 Å². The minimum absolute atomic E-state index is 0.0925. The second kappa shape index (κ2) is 6.50. The van der Waals surface area contributed by atoms with E-state index in [1.807, 2.05) is 24.3 Å². The summed E-state index contributed by atoms with van der Waals surface area (Å²) in [7, 11) is 0. The number of hydroxylamine groups is 1. The Kier molecular flexibility index (Phi) is 4.25. The molecule has 6 heteroatoms. The number of hydrogen-bond donors (Lipinski definition) is 2. The highest BCUT2D eigenvalue weighted by Gasteiger charge is 2.22. The molecular formula is C17H16N2O4. The summed E-state index contributed by atoms with van der Waals surface area (Å²) in [4.78, 5) is 23.4. The fourth-order valence-electron chi connectivity index (χ4n) is 2.60. The minimum atomic E-state index is -0.686. The number of rotatable bonds is 4. The molecule has 6 nitrogen and oxygen atoms in total. The molecule has 0 saturated carbocycles. The first kappa shape index (κ1) is 15.1. The summed E-state index contributed by atoms with van der Waals surface area (Å²) in [6.45, 7) is 0.432. The van der Waals surface area contributed by atoms with Gasteiger partial charge in [-0.2, -0.15) is 0 Å². The normalized spacial score (nSPS) is 16.1. The Hall–Kier alpha value is -2.86. The third kappa shape index (κ3) is 3.32. The summed E-state index contributed by atoms with van der Waals surface area (Å²) in [5.74, 6) is 0.176. The standard InChI is InChI=1S/C17H16N2O4/c20-16(18-22)8-7-12-5-3-9-19(17(12)21)11-14-10-13-4-1-2-6-15(13)23-14/h1-9,14,22H,10-11H2,(H,18,20)/b8-7+. The van der Waals surface area contributed by atoms with Crippen LogP contribution in [0.5, 0.6) is 5.75 Å². The molecule has 3 rings (SSSR count). The molecule has 1 aliphatic rings. The van der Waals surface area contributed by atoms with E-state index in [-0.39, 0.29) is 11.7 Å². The lowest BCUT2D eigenvalue weighted by Crippen LogP contribution is -2.29. The monoisotopic (exact) mass is 312 g/mol. The predicted molar refractivity (Wildman–Crippen MR) is 84.2 cm³/mol. The number of carbonyl (C=O) groups excluding carboxylic acids is 1. The number of benzene rings is 1. The number of nitrogens with zero attached hydrogens (tertiary/aromatic N) is 1. The van der Waals surface area contributed by atoms with Gasteiger partial charge in [-0.1, -0.05) is 18.2 Å². The van der Waals surface area contributed by atoms with E-state index in [9.17, 15) is 9.59 Å². The maximum atomic E-state index is 12.4. The summed E-state index contributed by atoms with van der Waals surface area (Å²) in [5, 5.41) is 8.46. The molecule has 0 saturated heterocycles. The quantitative estimate of drug-likeness (QED) is 0.508.